The Hall–Kier alpha value is -4.40. The van der Waals surface area contributed by atoms with Gasteiger partial charge in [0.15, 0.2) is 0 Å². The van der Waals surface area contributed by atoms with Gasteiger partial charge in [0.1, 0.15) is 17.2 Å². The van der Waals surface area contributed by atoms with E-state index in [1.165, 1.54) is 17.0 Å². The number of halogens is 3. The van der Waals surface area contributed by atoms with Crippen LogP contribution < -0.4 is 9.64 Å². The van der Waals surface area contributed by atoms with Gasteiger partial charge in [-0.3, -0.25) is 19.3 Å². The lowest BCUT2D eigenvalue weighted by atomic mass is 9.78. The number of nitrogens with zero attached hydrogens (tertiary/aromatic N) is 2. The Balaban J connectivity index is 1.88. The SMILES string of the molecule is CCOC(=O)C(C[C@H]1C[C@@H](c2ccc(N(Cc3cccc(OC(F)(F)F)c3)C(=O)OC(C)(C)C)nc2)CCO1)(C(=O)OCC)C(=O)OCC. The van der Waals surface area contributed by atoms with Crippen LogP contribution in [0.5, 0.6) is 5.75 Å². The first-order valence-corrected chi connectivity index (χ1v) is 16.0. The molecule has 0 radical (unpaired) electrons. The molecular formula is C34H43F3N2O10. The summed E-state index contributed by atoms with van der Waals surface area (Å²) in [7, 11) is 0. The molecule has 2 aromatic rings. The summed E-state index contributed by atoms with van der Waals surface area (Å²) in [6.07, 6.45) is -4.38. The second-order valence-electron chi connectivity index (χ2n) is 12.2. The quantitative estimate of drug-likeness (QED) is 0.133. The third-order valence-corrected chi connectivity index (χ3v) is 7.38. The Labute approximate surface area is 283 Å². The van der Waals surface area contributed by atoms with Gasteiger partial charge in [-0.2, -0.15) is 0 Å². The highest BCUT2D eigenvalue weighted by Gasteiger charge is 2.59. The van der Waals surface area contributed by atoms with E-state index in [0.717, 1.165) is 11.6 Å². The van der Waals surface area contributed by atoms with Gasteiger partial charge in [-0.25, -0.2) is 9.78 Å². The fraction of sp³-hybridized carbons (Fsp3) is 0.559. The summed E-state index contributed by atoms with van der Waals surface area (Å²) in [5.41, 5.74) is -2.18. The molecule has 49 heavy (non-hydrogen) atoms. The lowest BCUT2D eigenvalue weighted by molar-refractivity contribution is -0.274. The number of carbonyl (C=O) groups excluding carboxylic acids is 4. The topological polar surface area (TPSA) is 140 Å². The largest absolute Gasteiger partial charge is 0.573 e. The minimum Gasteiger partial charge on any atom is -0.465 e. The Kier molecular flexibility index (Phi) is 13.4. The first kappa shape index (κ1) is 39.0. The van der Waals surface area contributed by atoms with Crippen molar-refractivity contribution in [3.05, 3.63) is 53.7 Å². The number of hydrogen-bond donors (Lipinski definition) is 0. The maximum atomic E-state index is 13.3. The van der Waals surface area contributed by atoms with Crippen LogP contribution in [0, 0.1) is 5.41 Å². The van der Waals surface area contributed by atoms with Gasteiger partial charge < -0.3 is 28.4 Å². The molecule has 1 fully saturated rings. The number of benzene rings is 1. The van der Waals surface area contributed by atoms with Crippen molar-refractivity contribution in [3.63, 3.8) is 0 Å². The second-order valence-corrected chi connectivity index (χ2v) is 12.2. The van der Waals surface area contributed by atoms with Gasteiger partial charge in [0.05, 0.1) is 32.5 Å². The molecule has 0 saturated carbocycles. The number of pyridine rings is 1. The molecule has 1 aliphatic heterocycles. The van der Waals surface area contributed by atoms with Crippen LogP contribution in [0.25, 0.3) is 0 Å². The Morgan fingerprint density at radius 2 is 1.53 bits per heavy atom. The molecule has 0 spiro atoms. The molecule has 2 atom stereocenters. The summed E-state index contributed by atoms with van der Waals surface area (Å²) in [6, 6.07) is 8.57. The molecule has 3 rings (SSSR count). The molecule has 2 heterocycles. The molecule has 1 aromatic heterocycles. The van der Waals surface area contributed by atoms with Gasteiger partial charge in [0, 0.05) is 19.2 Å². The number of ether oxygens (including phenoxy) is 6. The fourth-order valence-corrected chi connectivity index (χ4v) is 5.31. The summed E-state index contributed by atoms with van der Waals surface area (Å²) >= 11 is 0. The standard InChI is InChI=1S/C34H43F3N2O10/c1-7-44-28(40)33(29(41)45-8-2,30(42)46-9-3)19-26-18-23(15-16-47-26)24-13-14-27(38-20-24)39(31(43)49-32(4,5)6)21-22-11-10-12-25(17-22)48-34(35,36)37/h10-14,17,20,23,26H,7-9,15-16,18-19,21H2,1-6H3/t23-,26+/m0/s1. The number of alkyl halides is 3. The Bertz CT molecular complexity index is 1400. The summed E-state index contributed by atoms with van der Waals surface area (Å²) < 4.78 is 69.4. The molecule has 1 aromatic carbocycles. The van der Waals surface area contributed by atoms with Crippen LogP contribution in [0.2, 0.25) is 0 Å². The highest BCUT2D eigenvalue weighted by Crippen LogP contribution is 2.38. The maximum Gasteiger partial charge on any atom is 0.573 e. The minimum absolute atomic E-state index is 0.0847. The van der Waals surface area contributed by atoms with Gasteiger partial charge in [-0.15, -0.1) is 13.2 Å². The summed E-state index contributed by atoms with van der Waals surface area (Å²) in [5.74, 6) is -3.70. The van der Waals surface area contributed by atoms with Gasteiger partial charge in [-0.05, 0) is 89.6 Å². The zero-order chi connectivity index (χ0) is 36.4. The minimum atomic E-state index is -4.89. The average Bonchev–Trinajstić information content (AvgIpc) is 3.01. The zero-order valence-electron chi connectivity index (χ0n) is 28.5. The van der Waals surface area contributed by atoms with Crippen molar-refractivity contribution in [1.82, 2.24) is 4.98 Å². The van der Waals surface area contributed by atoms with E-state index >= 15 is 0 Å². The molecule has 0 unspecified atom stereocenters. The lowest BCUT2D eigenvalue weighted by Gasteiger charge is -2.35. The van der Waals surface area contributed by atoms with E-state index in [4.69, 9.17) is 23.7 Å². The molecule has 12 nitrogen and oxygen atoms in total. The fourth-order valence-electron chi connectivity index (χ4n) is 5.31. The van der Waals surface area contributed by atoms with Crippen molar-refractivity contribution in [1.29, 1.82) is 0 Å². The predicted molar refractivity (Wildman–Crippen MR) is 168 cm³/mol. The van der Waals surface area contributed by atoms with Gasteiger partial charge in [0.2, 0.25) is 0 Å². The molecule has 15 heteroatoms. The third-order valence-electron chi connectivity index (χ3n) is 7.38. The maximum absolute atomic E-state index is 13.3. The van der Waals surface area contributed by atoms with E-state index in [1.807, 2.05) is 0 Å². The van der Waals surface area contributed by atoms with Gasteiger partial charge in [-0.1, -0.05) is 18.2 Å². The van der Waals surface area contributed by atoms with Crippen LogP contribution in [0.4, 0.5) is 23.8 Å². The van der Waals surface area contributed by atoms with E-state index in [1.54, 1.807) is 65.9 Å². The number of esters is 3. The summed E-state index contributed by atoms with van der Waals surface area (Å²) in [5, 5.41) is 0. The van der Waals surface area contributed by atoms with Gasteiger partial charge in [0.25, 0.3) is 5.41 Å². The molecule has 0 bridgehead atoms. The number of hydrogen-bond acceptors (Lipinski definition) is 11. The Morgan fingerprint density at radius 3 is 2.04 bits per heavy atom. The molecule has 1 saturated heterocycles. The predicted octanol–water partition coefficient (Wildman–Crippen LogP) is 6.25. The van der Waals surface area contributed by atoms with Crippen LogP contribution in [-0.2, 0) is 44.6 Å². The molecule has 0 aliphatic carbocycles. The number of amides is 1. The first-order valence-electron chi connectivity index (χ1n) is 16.0. The second kappa shape index (κ2) is 16.8. The number of rotatable bonds is 13. The van der Waals surface area contributed by atoms with Crippen LogP contribution >= 0.6 is 0 Å². The van der Waals surface area contributed by atoms with Crippen LogP contribution in [0.3, 0.4) is 0 Å². The highest BCUT2D eigenvalue weighted by molar-refractivity contribution is 6.18. The van der Waals surface area contributed by atoms with Crippen LogP contribution in [0.1, 0.15) is 77.8 Å². The van der Waals surface area contributed by atoms with Crippen molar-refractivity contribution in [2.24, 2.45) is 5.41 Å². The van der Waals surface area contributed by atoms with E-state index < -0.39 is 53.2 Å². The number of anilines is 1. The smallest absolute Gasteiger partial charge is 0.465 e. The van der Waals surface area contributed by atoms with Crippen molar-refractivity contribution in [2.45, 2.75) is 91.3 Å². The van der Waals surface area contributed by atoms with Crippen molar-refractivity contribution < 1.29 is 60.8 Å². The molecule has 1 amide bonds. The lowest BCUT2D eigenvalue weighted by Crippen LogP contribution is -2.52. The van der Waals surface area contributed by atoms with E-state index in [2.05, 4.69) is 9.72 Å². The Morgan fingerprint density at radius 1 is 0.918 bits per heavy atom. The van der Waals surface area contributed by atoms with Crippen molar-refractivity contribution in [2.75, 3.05) is 31.3 Å². The van der Waals surface area contributed by atoms with Crippen LogP contribution in [0.15, 0.2) is 42.6 Å². The highest BCUT2D eigenvalue weighted by atomic mass is 19.4. The first-order chi connectivity index (χ1) is 23.0. The van der Waals surface area contributed by atoms with Crippen molar-refractivity contribution in [3.8, 4) is 5.75 Å². The average molecular weight is 697 g/mol. The molecule has 1 aliphatic rings. The summed E-state index contributed by atoms with van der Waals surface area (Å²) in [6.45, 7) is 9.49. The molecular weight excluding hydrogens is 653 g/mol. The molecule has 270 valence electrons. The molecule has 0 N–H and O–H groups in total. The van der Waals surface area contributed by atoms with E-state index in [9.17, 15) is 32.3 Å². The van der Waals surface area contributed by atoms with Gasteiger partial charge >= 0.3 is 30.4 Å². The van der Waals surface area contributed by atoms with E-state index in [0.29, 0.717) is 18.4 Å². The third kappa shape index (κ3) is 10.8. The van der Waals surface area contributed by atoms with Crippen molar-refractivity contribution >= 4 is 29.8 Å². The van der Waals surface area contributed by atoms with E-state index in [-0.39, 0.29) is 51.1 Å². The normalized spacial score (nSPS) is 16.7. The monoisotopic (exact) mass is 696 g/mol. The number of aromatic nitrogens is 1. The zero-order valence-corrected chi connectivity index (χ0v) is 28.5. The summed E-state index contributed by atoms with van der Waals surface area (Å²) in [4.78, 5) is 58.5. The van der Waals surface area contributed by atoms with Crippen LogP contribution in [-0.4, -0.2) is 73.5 Å². The number of carbonyl (C=O) groups is 4.